The summed E-state index contributed by atoms with van der Waals surface area (Å²) in [6.45, 7) is 1.12. The van der Waals surface area contributed by atoms with Crippen LogP contribution in [0.1, 0.15) is 15.9 Å². The van der Waals surface area contributed by atoms with Crippen LogP contribution in [0.3, 0.4) is 0 Å². The molecule has 5 nitrogen and oxygen atoms in total. The summed E-state index contributed by atoms with van der Waals surface area (Å²) in [4.78, 5) is 23.5. The Labute approximate surface area is 133 Å². The van der Waals surface area contributed by atoms with Gasteiger partial charge in [0.05, 0.1) is 12.7 Å². The van der Waals surface area contributed by atoms with Gasteiger partial charge in [-0.3, -0.25) is 4.79 Å². The minimum atomic E-state index is -0.760. The van der Waals surface area contributed by atoms with Gasteiger partial charge in [-0.15, -0.1) is 0 Å². The van der Waals surface area contributed by atoms with Crippen LogP contribution in [0.4, 0.5) is 10.1 Å². The smallest absolute Gasteiger partial charge is 0.338 e. The highest BCUT2D eigenvalue weighted by molar-refractivity contribution is 5.95. The highest BCUT2D eigenvalue weighted by atomic mass is 19.1. The average Bonchev–Trinajstić information content (AvgIpc) is 2.55. The molecule has 0 spiro atoms. The van der Waals surface area contributed by atoms with Crippen LogP contribution in [-0.4, -0.2) is 25.6 Å². The molecular formula is C17H16FNO4. The molecule has 0 unspecified atom stereocenters. The Morgan fingerprint density at radius 3 is 2.65 bits per heavy atom. The van der Waals surface area contributed by atoms with Crippen molar-refractivity contribution in [2.24, 2.45) is 0 Å². The second kappa shape index (κ2) is 7.40. The Kier molecular flexibility index (Phi) is 5.30. The van der Waals surface area contributed by atoms with Crippen LogP contribution in [0.25, 0.3) is 0 Å². The van der Waals surface area contributed by atoms with Crippen LogP contribution >= 0.6 is 0 Å². The molecule has 0 saturated carbocycles. The SMILES string of the molecule is COc1cccc(NC(=O)COC(=O)c2ccc(C)c(F)c2)c1. The lowest BCUT2D eigenvalue weighted by Gasteiger charge is -2.08. The van der Waals surface area contributed by atoms with E-state index in [0.29, 0.717) is 17.0 Å². The van der Waals surface area contributed by atoms with Gasteiger partial charge < -0.3 is 14.8 Å². The number of amides is 1. The Hall–Kier alpha value is -2.89. The standard InChI is InChI=1S/C17H16FNO4/c1-11-6-7-12(8-15(11)18)17(21)23-10-16(20)19-13-4-3-5-14(9-13)22-2/h3-9H,10H2,1-2H3,(H,19,20). The molecule has 0 fully saturated rings. The molecule has 2 aromatic rings. The quantitative estimate of drug-likeness (QED) is 0.861. The summed E-state index contributed by atoms with van der Waals surface area (Å²) in [6, 6.07) is 10.8. The molecule has 0 heterocycles. The molecule has 2 aromatic carbocycles. The second-order valence-electron chi connectivity index (χ2n) is 4.82. The number of methoxy groups -OCH3 is 1. The molecule has 0 aliphatic heterocycles. The first-order chi connectivity index (χ1) is 11.0. The zero-order chi connectivity index (χ0) is 16.8. The van der Waals surface area contributed by atoms with E-state index in [1.807, 2.05) is 0 Å². The number of carbonyl (C=O) groups excluding carboxylic acids is 2. The van der Waals surface area contributed by atoms with Crippen LogP contribution in [0.15, 0.2) is 42.5 Å². The second-order valence-corrected chi connectivity index (χ2v) is 4.82. The van der Waals surface area contributed by atoms with E-state index in [2.05, 4.69) is 5.32 Å². The lowest BCUT2D eigenvalue weighted by Crippen LogP contribution is -2.21. The summed E-state index contributed by atoms with van der Waals surface area (Å²) < 4.78 is 23.3. The van der Waals surface area contributed by atoms with E-state index < -0.39 is 24.3 Å². The van der Waals surface area contributed by atoms with E-state index in [1.54, 1.807) is 31.2 Å². The van der Waals surface area contributed by atoms with E-state index in [0.717, 1.165) is 6.07 Å². The van der Waals surface area contributed by atoms with E-state index in [9.17, 15) is 14.0 Å². The number of rotatable bonds is 5. The fourth-order valence-electron chi connectivity index (χ4n) is 1.83. The van der Waals surface area contributed by atoms with Gasteiger partial charge in [-0.2, -0.15) is 0 Å². The summed E-state index contributed by atoms with van der Waals surface area (Å²) in [5.41, 5.74) is 1.01. The maximum Gasteiger partial charge on any atom is 0.338 e. The van der Waals surface area contributed by atoms with Crippen molar-refractivity contribution in [3.63, 3.8) is 0 Å². The third-order valence-electron chi connectivity index (χ3n) is 3.10. The van der Waals surface area contributed by atoms with Crippen molar-refractivity contribution in [1.82, 2.24) is 0 Å². The van der Waals surface area contributed by atoms with Gasteiger partial charge >= 0.3 is 5.97 Å². The van der Waals surface area contributed by atoms with Crippen molar-refractivity contribution in [2.75, 3.05) is 19.0 Å². The number of halogens is 1. The maximum absolute atomic E-state index is 13.4. The minimum absolute atomic E-state index is 0.0577. The van der Waals surface area contributed by atoms with E-state index in [4.69, 9.17) is 9.47 Å². The molecule has 23 heavy (non-hydrogen) atoms. The van der Waals surface area contributed by atoms with Gasteiger partial charge in [-0.05, 0) is 36.8 Å². The van der Waals surface area contributed by atoms with Crippen molar-refractivity contribution in [2.45, 2.75) is 6.92 Å². The lowest BCUT2D eigenvalue weighted by atomic mass is 10.1. The normalized spacial score (nSPS) is 10.0. The number of carbonyl (C=O) groups is 2. The number of hydrogen-bond acceptors (Lipinski definition) is 4. The average molecular weight is 317 g/mol. The minimum Gasteiger partial charge on any atom is -0.497 e. The number of ether oxygens (including phenoxy) is 2. The van der Waals surface area contributed by atoms with Crippen molar-refractivity contribution in [3.8, 4) is 5.75 Å². The Morgan fingerprint density at radius 2 is 1.96 bits per heavy atom. The van der Waals surface area contributed by atoms with Crippen molar-refractivity contribution >= 4 is 17.6 Å². The summed E-state index contributed by atoms with van der Waals surface area (Å²) in [7, 11) is 1.52. The zero-order valence-corrected chi connectivity index (χ0v) is 12.8. The van der Waals surface area contributed by atoms with Crippen LogP contribution in [0, 0.1) is 12.7 Å². The summed E-state index contributed by atoms with van der Waals surface area (Å²) in [6.07, 6.45) is 0. The fourth-order valence-corrected chi connectivity index (χ4v) is 1.83. The first-order valence-electron chi connectivity index (χ1n) is 6.87. The third-order valence-corrected chi connectivity index (χ3v) is 3.10. The Morgan fingerprint density at radius 1 is 1.17 bits per heavy atom. The molecule has 0 saturated heterocycles. The molecule has 2 rings (SSSR count). The highest BCUT2D eigenvalue weighted by Gasteiger charge is 2.12. The van der Waals surface area contributed by atoms with Crippen LogP contribution in [0.2, 0.25) is 0 Å². The predicted octanol–water partition coefficient (Wildman–Crippen LogP) is 2.94. The van der Waals surface area contributed by atoms with Gasteiger partial charge in [0.25, 0.3) is 5.91 Å². The van der Waals surface area contributed by atoms with Gasteiger partial charge in [-0.25, -0.2) is 9.18 Å². The molecule has 1 amide bonds. The number of benzene rings is 2. The molecule has 0 atom stereocenters. The van der Waals surface area contributed by atoms with Gasteiger partial charge in [0.1, 0.15) is 11.6 Å². The number of anilines is 1. The summed E-state index contributed by atoms with van der Waals surface area (Å²) >= 11 is 0. The maximum atomic E-state index is 13.4. The molecule has 0 radical (unpaired) electrons. The molecule has 0 aromatic heterocycles. The molecule has 120 valence electrons. The fraction of sp³-hybridized carbons (Fsp3) is 0.176. The van der Waals surface area contributed by atoms with E-state index in [1.165, 1.54) is 19.2 Å². The Balaban J connectivity index is 1.90. The topological polar surface area (TPSA) is 64.6 Å². The highest BCUT2D eigenvalue weighted by Crippen LogP contribution is 2.16. The predicted molar refractivity (Wildman–Crippen MR) is 83.0 cm³/mol. The molecule has 6 heteroatoms. The van der Waals surface area contributed by atoms with Crippen LogP contribution < -0.4 is 10.1 Å². The molecule has 0 aliphatic carbocycles. The van der Waals surface area contributed by atoms with Crippen molar-refractivity contribution in [3.05, 3.63) is 59.4 Å². The number of nitrogens with one attached hydrogen (secondary N) is 1. The lowest BCUT2D eigenvalue weighted by molar-refractivity contribution is -0.119. The van der Waals surface area contributed by atoms with Gasteiger partial charge in [0.2, 0.25) is 0 Å². The number of hydrogen-bond donors (Lipinski definition) is 1. The van der Waals surface area contributed by atoms with Crippen LogP contribution in [0.5, 0.6) is 5.75 Å². The summed E-state index contributed by atoms with van der Waals surface area (Å²) in [5.74, 6) is -1.17. The van der Waals surface area contributed by atoms with Crippen LogP contribution in [-0.2, 0) is 9.53 Å². The molecule has 1 N–H and O–H groups in total. The van der Waals surface area contributed by atoms with E-state index >= 15 is 0 Å². The largest absolute Gasteiger partial charge is 0.497 e. The zero-order valence-electron chi connectivity index (χ0n) is 12.8. The monoisotopic (exact) mass is 317 g/mol. The van der Waals surface area contributed by atoms with Gasteiger partial charge in [-0.1, -0.05) is 12.1 Å². The number of esters is 1. The van der Waals surface area contributed by atoms with Gasteiger partial charge in [0, 0.05) is 11.8 Å². The molecule has 0 bridgehead atoms. The first-order valence-corrected chi connectivity index (χ1v) is 6.87. The van der Waals surface area contributed by atoms with Crippen molar-refractivity contribution in [1.29, 1.82) is 0 Å². The van der Waals surface area contributed by atoms with E-state index in [-0.39, 0.29) is 5.56 Å². The first kappa shape index (κ1) is 16.5. The molecular weight excluding hydrogens is 301 g/mol. The number of aryl methyl sites for hydroxylation is 1. The van der Waals surface area contributed by atoms with Crippen molar-refractivity contribution < 1.29 is 23.5 Å². The summed E-state index contributed by atoms with van der Waals surface area (Å²) in [5, 5.41) is 2.57. The van der Waals surface area contributed by atoms with Gasteiger partial charge in [0.15, 0.2) is 6.61 Å². The third kappa shape index (κ3) is 4.54. The molecule has 0 aliphatic rings. The Bertz CT molecular complexity index is 730.